The van der Waals surface area contributed by atoms with Crippen LogP contribution in [0.25, 0.3) is 0 Å². The lowest BCUT2D eigenvalue weighted by molar-refractivity contribution is -0.151. The molecule has 2 amide bonds. The Hall–Kier alpha value is -3.15. The number of anilines is 1. The molecule has 0 saturated carbocycles. The molecular weight excluding hydrogens is 368 g/mol. The van der Waals surface area contributed by atoms with E-state index in [-0.39, 0.29) is 25.0 Å². The Labute approximate surface area is 170 Å². The summed E-state index contributed by atoms with van der Waals surface area (Å²) in [5.74, 6) is -1.55. The van der Waals surface area contributed by atoms with Gasteiger partial charge >= 0.3 is 5.97 Å². The fourth-order valence-corrected chi connectivity index (χ4v) is 3.67. The zero-order valence-electron chi connectivity index (χ0n) is 17.0. The van der Waals surface area contributed by atoms with Crippen LogP contribution in [0.2, 0.25) is 0 Å². The van der Waals surface area contributed by atoms with Gasteiger partial charge in [-0.2, -0.15) is 0 Å². The number of aryl methyl sites for hydroxylation is 2. The lowest BCUT2D eigenvalue weighted by Crippen LogP contribution is -2.30. The van der Waals surface area contributed by atoms with Crippen molar-refractivity contribution in [1.29, 1.82) is 0 Å². The monoisotopic (exact) mass is 394 g/mol. The van der Waals surface area contributed by atoms with Crippen LogP contribution in [0, 0.1) is 19.8 Å². The van der Waals surface area contributed by atoms with Gasteiger partial charge in [0.05, 0.1) is 12.0 Å². The molecule has 2 aromatic carbocycles. The van der Waals surface area contributed by atoms with Crippen LogP contribution in [0.1, 0.15) is 36.1 Å². The van der Waals surface area contributed by atoms with Gasteiger partial charge in [-0.15, -0.1) is 0 Å². The number of ether oxygens (including phenoxy) is 1. The van der Waals surface area contributed by atoms with Crippen LogP contribution in [0.4, 0.5) is 5.69 Å². The third-order valence-corrected chi connectivity index (χ3v) is 5.09. The number of amides is 2. The van der Waals surface area contributed by atoms with Crippen molar-refractivity contribution in [3.8, 4) is 0 Å². The molecule has 1 aliphatic heterocycles. The van der Waals surface area contributed by atoms with E-state index in [1.54, 1.807) is 4.90 Å². The van der Waals surface area contributed by atoms with Crippen molar-refractivity contribution in [2.75, 3.05) is 18.5 Å². The van der Waals surface area contributed by atoms with Crippen molar-refractivity contribution in [3.63, 3.8) is 0 Å². The molecule has 0 bridgehead atoms. The Kier molecular flexibility index (Phi) is 6.32. The van der Waals surface area contributed by atoms with E-state index in [1.165, 1.54) is 0 Å². The fourth-order valence-electron chi connectivity index (χ4n) is 3.67. The zero-order valence-corrected chi connectivity index (χ0v) is 17.0. The quantitative estimate of drug-likeness (QED) is 0.762. The largest absolute Gasteiger partial charge is 0.455 e. The summed E-state index contributed by atoms with van der Waals surface area (Å²) in [5, 5.41) is 2.73. The molecule has 3 rings (SSSR count). The number of nitrogens with zero attached hydrogens (tertiary/aromatic N) is 1. The number of nitrogens with one attached hydrogen (secondary N) is 1. The Morgan fingerprint density at radius 2 is 1.79 bits per heavy atom. The Morgan fingerprint density at radius 3 is 2.45 bits per heavy atom. The van der Waals surface area contributed by atoms with E-state index in [2.05, 4.69) is 5.32 Å². The second kappa shape index (κ2) is 8.90. The van der Waals surface area contributed by atoms with E-state index in [4.69, 9.17) is 4.74 Å². The Bertz CT molecular complexity index is 890. The van der Waals surface area contributed by atoms with Gasteiger partial charge < -0.3 is 15.0 Å². The van der Waals surface area contributed by atoms with E-state index >= 15 is 0 Å². The SMILES string of the molecule is Cc1cc(C)cc(NC(=O)COC(=O)[C@@H]2CC(=O)N([C@H](C)c3ccccc3)C2)c1. The van der Waals surface area contributed by atoms with Crippen molar-refractivity contribution >= 4 is 23.5 Å². The minimum absolute atomic E-state index is 0.0806. The minimum atomic E-state index is -0.553. The highest BCUT2D eigenvalue weighted by Gasteiger charge is 2.38. The molecule has 2 aromatic rings. The summed E-state index contributed by atoms with van der Waals surface area (Å²) >= 11 is 0. The molecule has 1 fully saturated rings. The number of carbonyl (C=O) groups excluding carboxylic acids is 3. The van der Waals surface area contributed by atoms with E-state index < -0.39 is 17.8 Å². The van der Waals surface area contributed by atoms with Gasteiger partial charge in [0.1, 0.15) is 0 Å². The maximum Gasteiger partial charge on any atom is 0.311 e. The van der Waals surface area contributed by atoms with Crippen LogP contribution in [0.15, 0.2) is 48.5 Å². The molecule has 29 heavy (non-hydrogen) atoms. The standard InChI is InChI=1S/C23H26N2O4/c1-15-9-16(2)11-20(10-15)24-21(26)14-29-23(28)19-12-22(27)25(13-19)17(3)18-7-5-4-6-8-18/h4-11,17,19H,12-14H2,1-3H3,(H,24,26)/t17-,19-/m1/s1. The summed E-state index contributed by atoms with van der Waals surface area (Å²) in [4.78, 5) is 38.6. The molecule has 1 heterocycles. The molecular formula is C23H26N2O4. The zero-order chi connectivity index (χ0) is 21.0. The molecule has 152 valence electrons. The van der Waals surface area contributed by atoms with Gasteiger partial charge in [0.2, 0.25) is 5.91 Å². The van der Waals surface area contributed by atoms with Crippen LogP contribution in [0.3, 0.4) is 0 Å². The summed E-state index contributed by atoms with van der Waals surface area (Å²) in [7, 11) is 0. The second-order valence-corrected chi connectivity index (χ2v) is 7.57. The van der Waals surface area contributed by atoms with Crippen molar-refractivity contribution < 1.29 is 19.1 Å². The molecule has 0 aliphatic carbocycles. The van der Waals surface area contributed by atoms with Crippen LogP contribution in [-0.4, -0.2) is 35.8 Å². The summed E-state index contributed by atoms with van der Waals surface area (Å²) in [6.45, 7) is 5.76. The summed E-state index contributed by atoms with van der Waals surface area (Å²) < 4.78 is 5.17. The van der Waals surface area contributed by atoms with Gasteiger partial charge in [0.15, 0.2) is 6.61 Å². The van der Waals surface area contributed by atoms with Gasteiger partial charge in [-0.05, 0) is 49.6 Å². The third kappa shape index (κ3) is 5.22. The van der Waals surface area contributed by atoms with E-state index in [9.17, 15) is 14.4 Å². The Balaban J connectivity index is 1.52. The number of hydrogen-bond acceptors (Lipinski definition) is 4. The minimum Gasteiger partial charge on any atom is -0.455 e. The van der Waals surface area contributed by atoms with Crippen molar-refractivity contribution in [2.45, 2.75) is 33.2 Å². The molecule has 0 aromatic heterocycles. The van der Waals surface area contributed by atoms with Gasteiger partial charge in [0.25, 0.3) is 5.91 Å². The molecule has 1 aliphatic rings. The fraction of sp³-hybridized carbons (Fsp3) is 0.348. The average Bonchev–Trinajstić information content (AvgIpc) is 3.07. The van der Waals surface area contributed by atoms with Gasteiger partial charge in [-0.25, -0.2) is 0 Å². The normalized spacial score (nSPS) is 17.1. The van der Waals surface area contributed by atoms with Crippen molar-refractivity contribution in [1.82, 2.24) is 4.90 Å². The Morgan fingerprint density at radius 1 is 1.14 bits per heavy atom. The first kappa shape index (κ1) is 20.6. The van der Waals surface area contributed by atoms with Crippen LogP contribution >= 0.6 is 0 Å². The highest BCUT2D eigenvalue weighted by Crippen LogP contribution is 2.29. The number of rotatable bonds is 6. The van der Waals surface area contributed by atoms with Crippen LogP contribution < -0.4 is 5.32 Å². The molecule has 0 spiro atoms. The van der Waals surface area contributed by atoms with Crippen molar-refractivity contribution in [2.24, 2.45) is 5.92 Å². The highest BCUT2D eigenvalue weighted by atomic mass is 16.5. The molecule has 2 atom stereocenters. The first-order valence-corrected chi connectivity index (χ1v) is 9.72. The van der Waals surface area contributed by atoms with E-state index in [1.807, 2.05) is 69.3 Å². The predicted octanol–water partition coefficient (Wildman–Crippen LogP) is 3.39. The maximum atomic E-state index is 12.4. The van der Waals surface area contributed by atoms with Gasteiger partial charge in [-0.1, -0.05) is 36.4 Å². The predicted molar refractivity (Wildman–Crippen MR) is 110 cm³/mol. The molecule has 6 nitrogen and oxygen atoms in total. The molecule has 0 unspecified atom stereocenters. The molecule has 1 saturated heterocycles. The highest BCUT2D eigenvalue weighted by molar-refractivity contribution is 5.94. The van der Waals surface area contributed by atoms with Gasteiger partial charge in [0, 0.05) is 18.7 Å². The van der Waals surface area contributed by atoms with E-state index in [0.717, 1.165) is 16.7 Å². The lowest BCUT2D eigenvalue weighted by Gasteiger charge is -2.25. The average molecular weight is 394 g/mol. The third-order valence-electron chi connectivity index (χ3n) is 5.09. The summed E-state index contributed by atoms with van der Waals surface area (Å²) in [6.07, 6.45) is 0.106. The number of carbonyl (C=O) groups is 3. The first-order valence-electron chi connectivity index (χ1n) is 9.72. The maximum absolute atomic E-state index is 12.4. The number of benzene rings is 2. The topological polar surface area (TPSA) is 75.7 Å². The lowest BCUT2D eigenvalue weighted by atomic mass is 10.1. The molecule has 0 radical (unpaired) electrons. The molecule has 1 N–H and O–H groups in total. The van der Waals surface area contributed by atoms with Crippen LogP contribution in [0.5, 0.6) is 0 Å². The van der Waals surface area contributed by atoms with E-state index in [0.29, 0.717) is 12.2 Å². The molecule has 6 heteroatoms. The number of esters is 1. The second-order valence-electron chi connectivity index (χ2n) is 7.57. The summed E-state index contributed by atoms with van der Waals surface area (Å²) in [5.41, 5.74) is 3.76. The summed E-state index contributed by atoms with van der Waals surface area (Å²) in [6, 6.07) is 15.3. The first-order chi connectivity index (χ1) is 13.8. The van der Waals surface area contributed by atoms with Crippen LogP contribution in [-0.2, 0) is 19.1 Å². The van der Waals surface area contributed by atoms with Gasteiger partial charge in [-0.3, -0.25) is 14.4 Å². The smallest absolute Gasteiger partial charge is 0.311 e. The number of likely N-dealkylation sites (tertiary alicyclic amines) is 1. The number of hydrogen-bond donors (Lipinski definition) is 1. The van der Waals surface area contributed by atoms with Crippen molar-refractivity contribution in [3.05, 3.63) is 65.2 Å².